The summed E-state index contributed by atoms with van der Waals surface area (Å²) in [5, 5.41) is 13.2. The minimum atomic E-state index is -0.547. The minimum Gasteiger partial charge on any atom is -0.451 e. The largest absolute Gasteiger partial charge is 0.451 e. The van der Waals surface area contributed by atoms with Gasteiger partial charge in [-0.05, 0) is 42.9 Å². The van der Waals surface area contributed by atoms with E-state index in [0.717, 1.165) is 19.3 Å². The van der Waals surface area contributed by atoms with Crippen LogP contribution in [0.2, 0.25) is 0 Å². The first kappa shape index (κ1) is 18.1. The Morgan fingerprint density at radius 1 is 1.38 bits per heavy atom. The summed E-state index contributed by atoms with van der Waals surface area (Å²) in [4.78, 5) is 36.0. The van der Waals surface area contributed by atoms with Gasteiger partial charge in [-0.1, -0.05) is 13.0 Å². The van der Waals surface area contributed by atoms with Crippen LogP contribution < -0.4 is 5.32 Å². The summed E-state index contributed by atoms with van der Waals surface area (Å²) in [6, 6.07) is 7.43. The predicted molar refractivity (Wildman–Crippen MR) is 97.5 cm³/mol. The number of hydrogen-bond acceptors (Lipinski definition) is 6. The topological polar surface area (TPSA) is 98.5 Å². The number of benzene rings is 1. The molecule has 1 aliphatic carbocycles. The average Bonchev–Trinajstić information content (AvgIpc) is 3.03. The molecule has 7 nitrogen and oxygen atoms in total. The maximum absolute atomic E-state index is 12.2. The number of esters is 1. The number of aryl methyl sites for hydroxylation is 1. The highest BCUT2D eigenvalue weighted by molar-refractivity contribution is 7.14. The lowest BCUT2D eigenvalue weighted by atomic mass is 9.90. The normalized spacial score (nSPS) is 15.8. The van der Waals surface area contributed by atoms with E-state index in [9.17, 15) is 19.7 Å². The van der Waals surface area contributed by atoms with Crippen LogP contribution in [0, 0.1) is 16.0 Å². The van der Waals surface area contributed by atoms with Crippen LogP contribution in [-0.2, 0) is 22.4 Å². The Morgan fingerprint density at radius 3 is 2.96 bits per heavy atom. The Hall–Kier alpha value is -2.74. The van der Waals surface area contributed by atoms with Gasteiger partial charge in [0.1, 0.15) is 4.88 Å². The summed E-state index contributed by atoms with van der Waals surface area (Å²) < 4.78 is 5.07. The number of carbonyl (C=O) groups is 2. The van der Waals surface area contributed by atoms with Crippen molar-refractivity contribution in [3.63, 3.8) is 0 Å². The quantitative estimate of drug-likeness (QED) is 0.490. The number of anilines is 1. The third-order valence-electron chi connectivity index (χ3n) is 4.21. The molecule has 1 atom stereocenters. The van der Waals surface area contributed by atoms with Crippen LogP contribution in [0.3, 0.4) is 0 Å². The van der Waals surface area contributed by atoms with Gasteiger partial charge in [-0.2, -0.15) is 0 Å². The van der Waals surface area contributed by atoms with E-state index in [1.807, 2.05) is 6.07 Å². The zero-order valence-corrected chi connectivity index (χ0v) is 15.0. The van der Waals surface area contributed by atoms with E-state index in [-0.39, 0.29) is 11.4 Å². The monoisotopic (exact) mass is 374 g/mol. The highest BCUT2D eigenvalue weighted by Crippen LogP contribution is 2.32. The number of nitrogens with zero attached hydrogens (tertiary/aromatic N) is 1. The summed E-state index contributed by atoms with van der Waals surface area (Å²) in [7, 11) is 0. The molecular formula is C18H18N2O5S. The zero-order valence-electron chi connectivity index (χ0n) is 14.2. The van der Waals surface area contributed by atoms with Crippen molar-refractivity contribution in [3.8, 4) is 0 Å². The number of thiophene rings is 1. The highest BCUT2D eigenvalue weighted by Gasteiger charge is 2.21. The van der Waals surface area contributed by atoms with E-state index in [2.05, 4.69) is 12.2 Å². The Balaban J connectivity index is 1.55. The number of fused-ring (bicyclic) bond motifs is 1. The van der Waals surface area contributed by atoms with Crippen LogP contribution in [0.1, 0.15) is 33.5 Å². The van der Waals surface area contributed by atoms with Gasteiger partial charge in [-0.25, -0.2) is 4.79 Å². The predicted octanol–water partition coefficient (Wildman–Crippen LogP) is 3.58. The van der Waals surface area contributed by atoms with Crippen molar-refractivity contribution in [1.82, 2.24) is 0 Å². The second-order valence-electron chi connectivity index (χ2n) is 6.34. The molecule has 1 aromatic carbocycles. The standard InChI is InChI=1S/C18H18N2O5S/c1-11-5-6-15-12(7-11)8-16(26-15)18(22)25-10-17(21)19-13-3-2-4-14(9-13)20(23)24/h2-4,8-9,11H,5-7,10H2,1H3,(H,19,21). The number of ether oxygens (including phenoxy) is 1. The van der Waals surface area contributed by atoms with Crippen LogP contribution in [0.15, 0.2) is 30.3 Å². The Bertz CT molecular complexity index is 861. The summed E-state index contributed by atoms with van der Waals surface area (Å²) in [6.45, 7) is 1.75. The van der Waals surface area contributed by atoms with Gasteiger partial charge in [0.15, 0.2) is 6.61 Å². The van der Waals surface area contributed by atoms with Crippen molar-refractivity contribution in [3.05, 3.63) is 55.8 Å². The third-order valence-corrected chi connectivity index (χ3v) is 5.42. The van der Waals surface area contributed by atoms with Crippen LogP contribution in [0.25, 0.3) is 0 Å². The lowest BCUT2D eigenvalue weighted by Gasteiger charge is -2.16. The maximum Gasteiger partial charge on any atom is 0.348 e. The zero-order chi connectivity index (χ0) is 18.7. The molecule has 0 aliphatic heterocycles. The van der Waals surface area contributed by atoms with E-state index in [1.54, 1.807) is 0 Å². The number of nitrogens with one attached hydrogen (secondary N) is 1. The van der Waals surface area contributed by atoms with Gasteiger partial charge in [0, 0.05) is 22.7 Å². The number of nitro benzene ring substituents is 1. The summed E-state index contributed by atoms with van der Waals surface area (Å²) >= 11 is 1.43. The third kappa shape index (κ3) is 4.26. The molecule has 1 aromatic heterocycles. The molecule has 0 spiro atoms. The Labute approximate surface area is 154 Å². The van der Waals surface area contributed by atoms with E-state index >= 15 is 0 Å². The summed E-state index contributed by atoms with van der Waals surface area (Å²) in [6.07, 6.45) is 3.06. The molecule has 26 heavy (non-hydrogen) atoms. The van der Waals surface area contributed by atoms with Crippen LogP contribution in [0.5, 0.6) is 0 Å². The van der Waals surface area contributed by atoms with Crippen molar-refractivity contribution in [2.75, 3.05) is 11.9 Å². The molecule has 1 amide bonds. The Morgan fingerprint density at radius 2 is 2.19 bits per heavy atom. The molecule has 1 N–H and O–H groups in total. The fourth-order valence-corrected chi connectivity index (χ4v) is 4.01. The highest BCUT2D eigenvalue weighted by atomic mass is 32.1. The lowest BCUT2D eigenvalue weighted by molar-refractivity contribution is -0.384. The first-order valence-electron chi connectivity index (χ1n) is 8.25. The summed E-state index contributed by atoms with van der Waals surface area (Å²) in [5.41, 5.74) is 1.35. The van der Waals surface area contributed by atoms with Gasteiger partial charge in [-0.15, -0.1) is 11.3 Å². The molecule has 2 aromatic rings. The summed E-state index contributed by atoms with van der Waals surface area (Å²) in [5.74, 6) is -0.457. The van der Waals surface area contributed by atoms with Crippen molar-refractivity contribution in [2.45, 2.75) is 26.2 Å². The first-order chi connectivity index (χ1) is 12.4. The number of nitro groups is 1. The van der Waals surface area contributed by atoms with Crippen molar-refractivity contribution in [1.29, 1.82) is 0 Å². The van der Waals surface area contributed by atoms with Crippen molar-refractivity contribution in [2.24, 2.45) is 5.92 Å². The number of non-ortho nitro benzene ring substituents is 1. The second kappa shape index (κ2) is 7.65. The molecule has 0 radical (unpaired) electrons. The molecule has 1 unspecified atom stereocenters. The van der Waals surface area contributed by atoms with Gasteiger partial charge in [0.25, 0.3) is 11.6 Å². The molecule has 136 valence electrons. The lowest BCUT2D eigenvalue weighted by Crippen LogP contribution is -2.20. The molecule has 0 fully saturated rings. The van der Waals surface area contributed by atoms with E-state index in [4.69, 9.17) is 4.74 Å². The number of rotatable bonds is 5. The molecule has 0 saturated heterocycles. The SMILES string of the molecule is CC1CCc2sc(C(=O)OCC(=O)Nc3cccc([N+](=O)[O-])c3)cc2C1. The van der Waals surface area contributed by atoms with Crippen LogP contribution in [0.4, 0.5) is 11.4 Å². The van der Waals surface area contributed by atoms with Crippen LogP contribution >= 0.6 is 11.3 Å². The first-order valence-corrected chi connectivity index (χ1v) is 9.07. The van der Waals surface area contributed by atoms with Crippen LogP contribution in [-0.4, -0.2) is 23.4 Å². The molecule has 8 heteroatoms. The fraction of sp³-hybridized carbons (Fsp3) is 0.333. The minimum absolute atomic E-state index is 0.127. The second-order valence-corrected chi connectivity index (χ2v) is 7.48. The smallest absolute Gasteiger partial charge is 0.348 e. The van der Waals surface area contributed by atoms with Gasteiger partial charge in [0.2, 0.25) is 0 Å². The molecule has 3 rings (SSSR count). The number of hydrogen-bond donors (Lipinski definition) is 1. The van der Waals surface area contributed by atoms with Gasteiger partial charge < -0.3 is 10.1 Å². The molecule has 1 aliphatic rings. The van der Waals surface area contributed by atoms with Gasteiger partial charge in [-0.3, -0.25) is 14.9 Å². The van der Waals surface area contributed by atoms with E-state index < -0.39 is 23.4 Å². The van der Waals surface area contributed by atoms with Crippen molar-refractivity contribution >= 4 is 34.6 Å². The molecule has 0 bridgehead atoms. The van der Waals surface area contributed by atoms with E-state index in [0.29, 0.717) is 10.8 Å². The van der Waals surface area contributed by atoms with Gasteiger partial charge in [0.05, 0.1) is 4.92 Å². The molecule has 1 heterocycles. The molecular weight excluding hydrogens is 356 g/mol. The number of amides is 1. The van der Waals surface area contributed by atoms with Crippen molar-refractivity contribution < 1.29 is 19.2 Å². The molecule has 0 saturated carbocycles. The van der Waals surface area contributed by atoms with Gasteiger partial charge >= 0.3 is 5.97 Å². The number of carbonyl (C=O) groups excluding carboxylic acids is 2. The Kier molecular flexibility index (Phi) is 5.32. The maximum atomic E-state index is 12.2. The van der Waals surface area contributed by atoms with E-state index in [1.165, 1.54) is 46.0 Å². The average molecular weight is 374 g/mol. The fourth-order valence-electron chi connectivity index (χ4n) is 2.90.